The molecule has 6 aromatic rings. The summed E-state index contributed by atoms with van der Waals surface area (Å²) in [6.07, 6.45) is 4.99. The molecule has 0 saturated carbocycles. The Labute approximate surface area is 178 Å². The number of nitrogens with zero attached hydrogens (tertiary/aromatic N) is 3. The summed E-state index contributed by atoms with van der Waals surface area (Å²) in [5, 5.41) is 3.44. The number of hydrogen-bond acceptors (Lipinski definition) is 4. The smallest absolute Gasteiger partial charge is 0.362 e. The van der Waals surface area contributed by atoms with E-state index in [1.165, 1.54) is 6.07 Å². The number of H-pyrrole nitrogens is 1. The van der Waals surface area contributed by atoms with Crippen molar-refractivity contribution in [3.05, 3.63) is 81.3 Å². The number of aromatic nitrogens is 4. The Hall–Kier alpha value is -3.71. The molecule has 152 valence electrons. The molecule has 8 heteroatoms. The third-order valence-corrected chi connectivity index (χ3v) is 6.13. The van der Waals surface area contributed by atoms with Crippen molar-refractivity contribution in [1.29, 1.82) is 0 Å². The molecule has 1 aromatic carbocycles. The number of fused-ring (bicyclic) bond motifs is 6. The third-order valence-electron chi connectivity index (χ3n) is 5.69. The van der Waals surface area contributed by atoms with Crippen molar-refractivity contribution >= 4 is 55.5 Å². The molecule has 0 amide bonds. The van der Waals surface area contributed by atoms with E-state index in [-0.39, 0.29) is 18.1 Å². The van der Waals surface area contributed by atoms with Gasteiger partial charge in [-0.3, -0.25) is 0 Å². The summed E-state index contributed by atoms with van der Waals surface area (Å²) in [5.74, 6) is -0.353. The molecule has 5 aromatic heterocycles. The molecule has 0 unspecified atom stereocenters. The van der Waals surface area contributed by atoms with Gasteiger partial charge in [0.1, 0.15) is 17.0 Å². The predicted octanol–water partition coefficient (Wildman–Crippen LogP) is 5.32. The topological polar surface area (TPSA) is 76.7 Å². The molecule has 0 saturated heterocycles. The molecule has 0 aliphatic carbocycles. The van der Waals surface area contributed by atoms with E-state index in [9.17, 15) is 9.18 Å². The average molecular weight is 433 g/mol. The van der Waals surface area contributed by atoms with E-state index in [2.05, 4.69) is 15.0 Å². The summed E-state index contributed by atoms with van der Waals surface area (Å²) in [5.41, 5.74) is 2.49. The van der Waals surface area contributed by atoms with Gasteiger partial charge in [-0.2, -0.15) is 0 Å². The van der Waals surface area contributed by atoms with Crippen molar-refractivity contribution in [2.75, 3.05) is 0 Å². The van der Waals surface area contributed by atoms with Gasteiger partial charge in [-0.25, -0.2) is 19.2 Å². The lowest BCUT2D eigenvalue weighted by Gasteiger charge is -2.09. The first-order valence-electron chi connectivity index (χ1n) is 9.63. The summed E-state index contributed by atoms with van der Waals surface area (Å²) in [6.45, 7) is 1.93. The average Bonchev–Trinajstić information content (AvgIpc) is 3.35. The minimum atomic E-state index is -0.540. The number of aryl methyl sites for hydroxylation is 1. The van der Waals surface area contributed by atoms with Crippen LogP contribution in [0, 0.1) is 12.7 Å². The first-order valence-corrected chi connectivity index (χ1v) is 10.0. The number of benzene rings is 1. The number of halogens is 2. The van der Waals surface area contributed by atoms with E-state index in [0.717, 1.165) is 10.8 Å². The molecular formula is C23H14ClFN4O2. The molecule has 1 N–H and O–H groups in total. The SMILES string of the molecule is Cc1cc2c3c4cccnc4oc(=O)c3n(Cc3cnc4[nH]ccc4c3Cl)c2cc1F. The van der Waals surface area contributed by atoms with Gasteiger partial charge in [0.2, 0.25) is 5.71 Å². The van der Waals surface area contributed by atoms with Crippen LogP contribution in [0.2, 0.25) is 5.02 Å². The van der Waals surface area contributed by atoms with Gasteiger partial charge in [-0.05, 0) is 42.8 Å². The first kappa shape index (κ1) is 18.1. The number of rotatable bonds is 2. The molecule has 0 aliphatic heterocycles. The highest BCUT2D eigenvalue weighted by Gasteiger charge is 2.21. The molecular weight excluding hydrogens is 419 g/mol. The lowest BCUT2D eigenvalue weighted by Crippen LogP contribution is -2.09. The highest BCUT2D eigenvalue weighted by molar-refractivity contribution is 6.36. The molecule has 0 atom stereocenters. The van der Waals surface area contributed by atoms with Crippen LogP contribution in [0.3, 0.4) is 0 Å². The van der Waals surface area contributed by atoms with Gasteiger partial charge < -0.3 is 14.0 Å². The normalized spacial score (nSPS) is 12.0. The molecule has 0 aliphatic rings. The molecule has 0 radical (unpaired) electrons. The Balaban J connectivity index is 1.75. The zero-order valence-corrected chi connectivity index (χ0v) is 17.0. The van der Waals surface area contributed by atoms with Gasteiger partial charge in [0.25, 0.3) is 0 Å². The highest BCUT2D eigenvalue weighted by atomic mass is 35.5. The maximum Gasteiger partial charge on any atom is 0.362 e. The molecule has 0 fully saturated rings. The highest BCUT2D eigenvalue weighted by Crippen LogP contribution is 2.35. The van der Waals surface area contributed by atoms with Gasteiger partial charge in [0.15, 0.2) is 0 Å². The fourth-order valence-electron chi connectivity index (χ4n) is 4.22. The van der Waals surface area contributed by atoms with Crippen LogP contribution in [0.4, 0.5) is 4.39 Å². The Morgan fingerprint density at radius 1 is 1.19 bits per heavy atom. The van der Waals surface area contributed by atoms with E-state index < -0.39 is 5.63 Å². The van der Waals surface area contributed by atoms with Crippen LogP contribution in [0.25, 0.3) is 43.9 Å². The quantitative estimate of drug-likeness (QED) is 0.401. The molecule has 0 spiro atoms. The van der Waals surface area contributed by atoms with Crippen molar-refractivity contribution in [3.63, 3.8) is 0 Å². The van der Waals surface area contributed by atoms with Gasteiger partial charge in [-0.1, -0.05) is 11.6 Å². The van der Waals surface area contributed by atoms with Crippen LogP contribution in [0.1, 0.15) is 11.1 Å². The van der Waals surface area contributed by atoms with Crippen molar-refractivity contribution in [1.82, 2.24) is 19.5 Å². The zero-order valence-electron chi connectivity index (χ0n) is 16.2. The number of pyridine rings is 2. The van der Waals surface area contributed by atoms with E-state index in [4.69, 9.17) is 16.0 Å². The first-order chi connectivity index (χ1) is 15.0. The minimum absolute atomic E-state index is 0.228. The summed E-state index contributed by atoms with van der Waals surface area (Å²) >= 11 is 6.63. The Morgan fingerprint density at radius 2 is 2.06 bits per heavy atom. The van der Waals surface area contributed by atoms with Crippen molar-refractivity contribution in [2.24, 2.45) is 0 Å². The van der Waals surface area contributed by atoms with Crippen molar-refractivity contribution in [3.8, 4) is 0 Å². The second-order valence-corrected chi connectivity index (χ2v) is 7.89. The third kappa shape index (κ3) is 2.53. The van der Waals surface area contributed by atoms with E-state index in [0.29, 0.717) is 43.6 Å². The fourth-order valence-corrected chi connectivity index (χ4v) is 4.48. The van der Waals surface area contributed by atoms with Crippen LogP contribution < -0.4 is 5.63 Å². The Morgan fingerprint density at radius 3 is 2.94 bits per heavy atom. The second-order valence-electron chi connectivity index (χ2n) is 7.51. The van der Waals surface area contributed by atoms with Gasteiger partial charge >= 0.3 is 5.63 Å². The molecule has 6 nitrogen and oxygen atoms in total. The lowest BCUT2D eigenvalue weighted by molar-refractivity contribution is 0.553. The van der Waals surface area contributed by atoms with Crippen LogP contribution in [0.15, 0.2) is 58.1 Å². The summed E-state index contributed by atoms with van der Waals surface area (Å²) in [6, 6.07) is 8.67. The number of aromatic amines is 1. The monoisotopic (exact) mass is 432 g/mol. The van der Waals surface area contributed by atoms with Crippen LogP contribution in [-0.4, -0.2) is 19.5 Å². The number of nitrogens with one attached hydrogen (secondary N) is 1. The largest absolute Gasteiger partial charge is 0.402 e. The van der Waals surface area contributed by atoms with E-state index >= 15 is 0 Å². The Bertz CT molecular complexity index is 1730. The van der Waals surface area contributed by atoms with Crippen molar-refractivity contribution < 1.29 is 8.81 Å². The molecule has 5 heterocycles. The van der Waals surface area contributed by atoms with Crippen LogP contribution in [-0.2, 0) is 6.54 Å². The summed E-state index contributed by atoms with van der Waals surface area (Å²) < 4.78 is 21.8. The summed E-state index contributed by atoms with van der Waals surface area (Å²) in [7, 11) is 0. The van der Waals surface area contributed by atoms with Crippen molar-refractivity contribution in [2.45, 2.75) is 13.5 Å². The maximum absolute atomic E-state index is 14.6. The van der Waals surface area contributed by atoms with E-state index in [1.54, 1.807) is 42.2 Å². The number of hydrogen-bond donors (Lipinski definition) is 1. The van der Waals surface area contributed by atoms with Crippen LogP contribution >= 0.6 is 11.6 Å². The maximum atomic E-state index is 14.6. The predicted molar refractivity (Wildman–Crippen MR) is 118 cm³/mol. The van der Waals surface area contributed by atoms with Gasteiger partial charge in [0, 0.05) is 45.7 Å². The lowest BCUT2D eigenvalue weighted by atomic mass is 10.1. The standard InChI is InChI=1S/C23H14ClFN4O2/c1-11-7-15-17(8-16(11)25)29(10-12-9-28-21-14(19(12)24)4-6-26-21)20-18(15)13-3-2-5-27-22(13)31-23(20)30/h2-9H,10H2,1H3,(H,26,28). The minimum Gasteiger partial charge on any atom is -0.402 e. The Kier molecular flexibility index (Phi) is 3.73. The zero-order chi connectivity index (χ0) is 21.3. The second kappa shape index (κ2) is 6.39. The fraction of sp³-hybridized carbons (Fsp3) is 0.0870. The molecule has 0 bridgehead atoms. The molecule has 31 heavy (non-hydrogen) atoms. The van der Waals surface area contributed by atoms with Gasteiger partial charge in [-0.15, -0.1) is 0 Å². The van der Waals surface area contributed by atoms with Gasteiger partial charge in [0.05, 0.1) is 17.1 Å². The summed E-state index contributed by atoms with van der Waals surface area (Å²) in [4.78, 5) is 24.6. The molecule has 6 rings (SSSR count). The van der Waals surface area contributed by atoms with Crippen LogP contribution in [0.5, 0.6) is 0 Å². The van der Waals surface area contributed by atoms with E-state index in [1.807, 2.05) is 12.1 Å².